The summed E-state index contributed by atoms with van der Waals surface area (Å²) in [6.45, 7) is 9.58. The molecule has 0 atom stereocenters. The van der Waals surface area contributed by atoms with Crippen LogP contribution >= 0.6 is 22.7 Å². The second-order valence-electron chi connectivity index (χ2n) is 7.63. The van der Waals surface area contributed by atoms with Crippen LogP contribution in [0, 0.1) is 6.92 Å². The van der Waals surface area contributed by atoms with Crippen molar-refractivity contribution < 1.29 is 14.4 Å². The van der Waals surface area contributed by atoms with Crippen molar-refractivity contribution in [1.82, 2.24) is 25.2 Å². The molecule has 2 N–H and O–H groups in total. The van der Waals surface area contributed by atoms with Crippen LogP contribution in [0.2, 0.25) is 0 Å². The number of hydrazine groups is 1. The summed E-state index contributed by atoms with van der Waals surface area (Å²) in [4.78, 5) is 47.8. The highest BCUT2D eigenvalue weighted by atomic mass is 32.1. The first kappa shape index (κ1) is 31.0. The van der Waals surface area contributed by atoms with Gasteiger partial charge >= 0.3 is 0 Å². The smallest absolute Gasteiger partial charge is 0.267 e. The number of nitrogens with one attached hydrogen (secondary N) is 2. The van der Waals surface area contributed by atoms with Gasteiger partial charge in [0, 0.05) is 25.7 Å². The van der Waals surface area contributed by atoms with E-state index in [4.69, 9.17) is 0 Å². The van der Waals surface area contributed by atoms with Gasteiger partial charge < -0.3 is 10.2 Å². The maximum absolute atomic E-state index is 12.4. The van der Waals surface area contributed by atoms with Crippen LogP contribution in [0.1, 0.15) is 36.0 Å². The highest BCUT2D eigenvalue weighted by molar-refractivity contribution is 7.20. The number of carbonyl (C=O) groups excluding carboxylic acids is 3. The average Bonchev–Trinajstić information content (AvgIpc) is 3.52. The molecule has 0 aromatic carbocycles. The zero-order valence-corrected chi connectivity index (χ0v) is 23.8. The molecule has 0 bridgehead atoms. The maximum atomic E-state index is 12.4. The van der Waals surface area contributed by atoms with E-state index >= 15 is 0 Å². The zero-order valence-electron chi connectivity index (χ0n) is 22.2. The molecule has 3 heterocycles. The van der Waals surface area contributed by atoms with Crippen LogP contribution in [0.15, 0.2) is 29.2 Å². The lowest BCUT2D eigenvalue weighted by atomic mass is 10.2. The van der Waals surface area contributed by atoms with Crippen molar-refractivity contribution in [3.05, 3.63) is 39.6 Å². The molecule has 0 saturated heterocycles. The Hall–Kier alpha value is -2.99. The molecule has 1 amide bonds. The standard InChI is InChI=1S/C18H16N4O3S2.C5H14N2.C2H6/c1-10(6-7-23)18(25)22(3)21-16-14-11(2)13(9-24)27-17(14)20-15(19-16)12-5-4-8-26-12;1-6-4-5-7(2)3;1-2/h4-9H,1-3H3,(H,19,20,21);6H,4-5H2,1-3H3;1-2H3/b10-6-;;. The van der Waals surface area contributed by atoms with Crippen LogP contribution < -0.4 is 10.7 Å². The van der Waals surface area contributed by atoms with Gasteiger partial charge in [0.1, 0.15) is 11.1 Å². The fraction of sp³-hybridized carbons (Fsp3) is 0.400. The Labute approximate surface area is 221 Å². The van der Waals surface area contributed by atoms with Gasteiger partial charge in [-0.2, -0.15) is 0 Å². The van der Waals surface area contributed by atoms with E-state index < -0.39 is 0 Å². The van der Waals surface area contributed by atoms with E-state index in [0.29, 0.717) is 38.6 Å². The molecular formula is C25H36N6O3S2. The summed E-state index contributed by atoms with van der Waals surface area (Å²) in [5, 5.41) is 6.93. The van der Waals surface area contributed by atoms with E-state index in [9.17, 15) is 14.4 Å². The molecule has 0 spiro atoms. The number of rotatable bonds is 9. The number of allylic oxidation sites excluding steroid dienone is 1. The van der Waals surface area contributed by atoms with Crippen LogP contribution in [0.4, 0.5) is 5.82 Å². The first-order valence-electron chi connectivity index (χ1n) is 11.5. The maximum Gasteiger partial charge on any atom is 0.267 e. The minimum Gasteiger partial charge on any atom is -0.318 e. The Balaban J connectivity index is 0.000000623. The Morgan fingerprint density at radius 1 is 1.17 bits per heavy atom. The van der Waals surface area contributed by atoms with Crippen LogP contribution in [0.25, 0.3) is 20.9 Å². The lowest BCUT2D eigenvalue weighted by Gasteiger charge is -2.20. The molecule has 11 heteroatoms. The topological polar surface area (TPSA) is 108 Å². The minimum atomic E-state index is -0.366. The molecule has 0 aliphatic rings. The Morgan fingerprint density at radius 2 is 1.86 bits per heavy atom. The first-order chi connectivity index (χ1) is 17.2. The number of hydrogen-bond donors (Lipinski definition) is 2. The number of aromatic nitrogens is 2. The van der Waals surface area contributed by atoms with E-state index in [-0.39, 0.29) is 5.91 Å². The summed E-state index contributed by atoms with van der Waals surface area (Å²) in [7, 11) is 7.64. The number of anilines is 1. The largest absolute Gasteiger partial charge is 0.318 e. The molecule has 9 nitrogen and oxygen atoms in total. The van der Waals surface area contributed by atoms with Crippen molar-refractivity contribution in [1.29, 1.82) is 0 Å². The molecule has 0 unspecified atom stereocenters. The number of likely N-dealkylation sites (N-methyl/N-ethyl adjacent to an activating group) is 3. The van der Waals surface area contributed by atoms with Gasteiger partial charge in [0.2, 0.25) is 0 Å². The summed E-state index contributed by atoms with van der Waals surface area (Å²) in [5.41, 5.74) is 4.02. The lowest BCUT2D eigenvalue weighted by Crippen LogP contribution is -2.33. The summed E-state index contributed by atoms with van der Waals surface area (Å²) < 4.78 is 0. The van der Waals surface area contributed by atoms with Crippen molar-refractivity contribution in [2.45, 2.75) is 27.7 Å². The van der Waals surface area contributed by atoms with Crippen molar-refractivity contribution in [2.24, 2.45) is 0 Å². The quantitative estimate of drug-likeness (QED) is 0.239. The summed E-state index contributed by atoms with van der Waals surface area (Å²) in [6, 6.07) is 3.81. The van der Waals surface area contributed by atoms with Crippen LogP contribution in [0.5, 0.6) is 0 Å². The fourth-order valence-corrected chi connectivity index (χ4v) is 4.50. The average molecular weight is 533 g/mol. The zero-order chi connectivity index (χ0) is 27.3. The van der Waals surface area contributed by atoms with E-state index in [1.165, 1.54) is 33.8 Å². The second kappa shape index (κ2) is 15.9. The number of fused-ring (bicyclic) bond motifs is 1. The number of nitrogens with zero attached hydrogens (tertiary/aromatic N) is 4. The van der Waals surface area contributed by atoms with Crippen LogP contribution in [-0.2, 0) is 9.59 Å². The predicted molar refractivity (Wildman–Crippen MR) is 151 cm³/mol. The molecule has 0 fully saturated rings. The van der Waals surface area contributed by atoms with Gasteiger partial charge in [-0.15, -0.1) is 22.7 Å². The number of thiophene rings is 2. The number of hydrogen-bond acceptors (Lipinski definition) is 10. The lowest BCUT2D eigenvalue weighted by molar-refractivity contribution is -0.124. The number of carbonyl (C=O) groups is 3. The van der Waals surface area contributed by atoms with Gasteiger partial charge in [-0.3, -0.25) is 24.8 Å². The molecule has 36 heavy (non-hydrogen) atoms. The van der Waals surface area contributed by atoms with Gasteiger partial charge in [-0.1, -0.05) is 19.9 Å². The van der Waals surface area contributed by atoms with Gasteiger partial charge in [-0.05, 0) is 58.1 Å². The third kappa shape index (κ3) is 8.59. The number of amides is 1. The molecule has 0 saturated carbocycles. The van der Waals surface area contributed by atoms with E-state index in [0.717, 1.165) is 29.8 Å². The van der Waals surface area contributed by atoms with Gasteiger partial charge in [0.05, 0.1) is 15.1 Å². The molecule has 0 aliphatic heterocycles. The predicted octanol–water partition coefficient (Wildman–Crippen LogP) is 4.26. The highest BCUT2D eigenvalue weighted by Crippen LogP contribution is 2.35. The second-order valence-corrected chi connectivity index (χ2v) is 9.61. The summed E-state index contributed by atoms with van der Waals surface area (Å²) in [6.07, 6.45) is 2.56. The van der Waals surface area contributed by atoms with Crippen molar-refractivity contribution >= 4 is 57.2 Å². The van der Waals surface area contributed by atoms with Gasteiger partial charge in [0.25, 0.3) is 5.91 Å². The third-order valence-electron chi connectivity index (χ3n) is 4.72. The highest BCUT2D eigenvalue weighted by Gasteiger charge is 2.20. The van der Waals surface area contributed by atoms with Crippen LogP contribution in [0.3, 0.4) is 0 Å². The SMILES string of the molecule is C/C(=C/C=O)C(=O)N(C)Nc1nc(-c2cccs2)nc2sc(C=O)c(C)c12.CC.CNCCN(C)C. The van der Waals surface area contributed by atoms with Crippen LogP contribution in [-0.4, -0.2) is 79.6 Å². The molecule has 3 aromatic rings. The van der Waals surface area contributed by atoms with E-state index in [1.807, 2.05) is 45.3 Å². The van der Waals surface area contributed by atoms with E-state index in [1.54, 1.807) is 14.0 Å². The van der Waals surface area contributed by atoms with Crippen molar-refractivity contribution in [3.63, 3.8) is 0 Å². The third-order valence-corrected chi connectivity index (χ3v) is 6.70. The van der Waals surface area contributed by atoms with Gasteiger partial charge in [-0.25, -0.2) is 9.97 Å². The molecular weight excluding hydrogens is 496 g/mol. The Kier molecular flexibility index (Phi) is 13.7. The fourth-order valence-electron chi connectivity index (χ4n) is 2.85. The first-order valence-corrected chi connectivity index (χ1v) is 13.2. The summed E-state index contributed by atoms with van der Waals surface area (Å²) in [5.74, 6) is 0.578. The number of aldehydes is 2. The van der Waals surface area contributed by atoms with Crippen molar-refractivity contribution in [3.8, 4) is 10.7 Å². The normalized spacial score (nSPS) is 10.8. The monoisotopic (exact) mass is 532 g/mol. The minimum absolute atomic E-state index is 0.291. The van der Waals surface area contributed by atoms with Crippen molar-refractivity contribution in [2.75, 3.05) is 46.7 Å². The van der Waals surface area contributed by atoms with E-state index in [2.05, 4.69) is 39.7 Å². The molecule has 3 aromatic heterocycles. The van der Waals surface area contributed by atoms with Gasteiger partial charge in [0.15, 0.2) is 17.9 Å². The molecule has 196 valence electrons. The molecule has 0 aliphatic carbocycles. The Bertz CT molecular complexity index is 1160. The Morgan fingerprint density at radius 3 is 2.36 bits per heavy atom. The summed E-state index contributed by atoms with van der Waals surface area (Å²) >= 11 is 2.78. The molecule has 3 rings (SSSR count). The molecule has 0 radical (unpaired) electrons. The number of aryl methyl sites for hydroxylation is 1.